The van der Waals surface area contributed by atoms with Crippen LogP contribution in [-0.2, 0) is 15.3 Å². The van der Waals surface area contributed by atoms with Gasteiger partial charge in [-0.1, -0.05) is 19.8 Å². The van der Waals surface area contributed by atoms with Crippen LogP contribution < -0.4 is 0 Å². The van der Waals surface area contributed by atoms with Crippen LogP contribution in [0.1, 0.15) is 42.8 Å². The van der Waals surface area contributed by atoms with Crippen LogP contribution in [0.25, 0.3) is 0 Å². The average molecular weight is 326 g/mol. The van der Waals surface area contributed by atoms with Gasteiger partial charge in [0.15, 0.2) is 9.84 Å². The van der Waals surface area contributed by atoms with E-state index in [4.69, 9.17) is 0 Å². The first-order valence-electron chi connectivity index (χ1n) is 7.46. The third-order valence-corrected chi connectivity index (χ3v) is 5.91. The normalized spacial score (nSPS) is 17.7. The van der Waals surface area contributed by atoms with Crippen molar-refractivity contribution in [2.75, 3.05) is 5.75 Å². The quantitative estimate of drug-likeness (QED) is 0.698. The SMILES string of the molecule is Cc1cnc(C#Cc2ccc3c(c2)C(C)(C)CCS3(=O)=O)nc1. The summed E-state index contributed by atoms with van der Waals surface area (Å²) in [6.07, 6.45) is 4.07. The maximum atomic E-state index is 12.2. The maximum absolute atomic E-state index is 12.2. The van der Waals surface area contributed by atoms with Crippen molar-refractivity contribution in [1.29, 1.82) is 0 Å². The second-order valence-electron chi connectivity index (χ2n) is 6.50. The summed E-state index contributed by atoms with van der Waals surface area (Å²) in [4.78, 5) is 8.74. The molecule has 1 aliphatic rings. The molecule has 0 spiro atoms. The van der Waals surface area contributed by atoms with Gasteiger partial charge in [0.25, 0.3) is 0 Å². The van der Waals surface area contributed by atoms with Crippen LogP contribution in [0.4, 0.5) is 0 Å². The minimum absolute atomic E-state index is 0.168. The van der Waals surface area contributed by atoms with Gasteiger partial charge < -0.3 is 0 Å². The van der Waals surface area contributed by atoms with Crippen LogP contribution >= 0.6 is 0 Å². The molecule has 0 saturated carbocycles. The summed E-state index contributed by atoms with van der Waals surface area (Å²) in [7, 11) is -3.17. The summed E-state index contributed by atoms with van der Waals surface area (Å²) in [5.41, 5.74) is 2.44. The topological polar surface area (TPSA) is 59.9 Å². The number of nitrogens with zero attached hydrogens (tertiary/aromatic N) is 2. The van der Waals surface area contributed by atoms with E-state index in [2.05, 4.69) is 35.7 Å². The predicted molar refractivity (Wildman–Crippen MR) is 88.9 cm³/mol. The molecule has 5 heteroatoms. The van der Waals surface area contributed by atoms with Gasteiger partial charge in [0.1, 0.15) is 0 Å². The van der Waals surface area contributed by atoms with Crippen molar-refractivity contribution in [3.05, 3.63) is 53.1 Å². The van der Waals surface area contributed by atoms with E-state index in [1.54, 1.807) is 24.5 Å². The van der Waals surface area contributed by atoms with Crippen molar-refractivity contribution >= 4 is 9.84 Å². The van der Waals surface area contributed by atoms with Crippen molar-refractivity contribution in [3.8, 4) is 11.8 Å². The largest absolute Gasteiger partial charge is 0.229 e. The molecule has 0 radical (unpaired) electrons. The van der Waals surface area contributed by atoms with Gasteiger partial charge in [-0.05, 0) is 54.0 Å². The number of hydrogen-bond acceptors (Lipinski definition) is 4. The van der Waals surface area contributed by atoms with Gasteiger partial charge in [0.05, 0.1) is 10.6 Å². The molecule has 1 aromatic heterocycles. The Labute approximate surface area is 136 Å². The van der Waals surface area contributed by atoms with Crippen molar-refractivity contribution in [2.45, 2.75) is 37.5 Å². The molecule has 0 amide bonds. The van der Waals surface area contributed by atoms with E-state index < -0.39 is 9.84 Å². The van der Waals surface area contributed by atoms with Gasteiger partial charge in [-0.15, -0.1) is 0 Å². The van der Waals surface area contributed by atoms with E-state index in [9.17, 15) is 8.42 Å². The minimum atomic E-state index is -3.17. The van der Waals surface area contributed by atoms with E-state index in [0.29, 0.717) is 17.1 Å². The van der Waals surface area contributed by atoms with Gasteiger partial charge in [0, 0.05) is 18.0 Å². The molecule has 0 unspecified atom stereocenters. The second kappa shape index (κ2) is 5.47. The number of fused-ring (bicyclic) bond motifs is 1. The first kappa shape index (κ1) is 15.7. The summed E-state index contributed by atoms with van der Waals surface area (Å²) in [5, 5.41) is 0. The average Bonchev–Trinajstić information content (AvgIpc) is 2.51. The predicted octanol–water partition coefficient (Wildman–Crippen LogP) is 2.64. The second-order valence-corrected chi connectivity index (χ2v) is 8.58. The first-order valence-corrected chi connectivity index (χ1v) is 9.11. The number of aromatic nitrogens is 2. The van der Waals surface area contributed by atoms with Crippen LogP contribution in [-0.4, -0.2) is 24.1 Å². The van der Waals surface area contributed by atoms with Gasteiger partial charge >= 0.3 is 0 Å². The summed E-state index contributed by atoms with van der Waals surface area (Å²) >= 11 is 0. The molecule has 2 aromatic rings. The lowest BCUT2D eigenvalue weighted by atomic mass is 9.81. The number of sulfone groups is 1. The number of aryl methyl sites for hydroxylation is 1. The lowest BCUT2D eigenvalue weighted by molar-refractivity contribution is 0.473. The highest BCUT2D eigenvalue weighted by Gasteiger charge is 2.35. The molecule has 1 aliphatic heterocycles. The van der Waals surface area contributed by atoms with Gasteiger partial charge in [-0.2, -0.15) is 0 Å². The van der Waals surface area contributed by atoms with Crippen LogP contribution in [0.15, 0.2) is 35.5 Å². The minimum Gasteiger partial charge on any atom is -0.229 e. The Hall–Kier alpha value is -2.19. The fraction of sp³-hybridized carbons (Fsp3) is 0.333. The van der Waals surface area contributed by atoms with Crippen LogP contribution in [0.2, 0.25) is 0 Å². The van der Waals surface area contributed by atoms with Crippen LogP contribution in [0.5, 0.6) is 0 Å². The zero-order valence-corrected chi connectivity index (χ0v) is 14.2. The Morgan fingerprint density at radius 2 is 1.83 bits per heavy atom. The van der Waals surface area contributed by atoms with Crippen molar-refractivity contribution < 1.29 is 8.42 Å². The fourth-order valence-electron chi connectivity index (χ4n) is 2.63. The molecule has 0 bridgehead atoms. The molecule has 2 heterocycles. The van der Waals surface area contributed by atoms with Gasteiger partial charge in [-0.25, -0.2) is 18.4 Å². The lowest BCUT2D eigenvalue weighted by Crippen LogP contribution is -2.30. The Kier molecular flexibility index (Phi) is 3.73. The fourth-order valence-corrected chi connectivity index (χ4v) is 4.57. The highest BCUT2D eigenvalue weighted by atomic mass is 32.2. The molecular formula is C18H18N2O2S. The molecule has 0 saturated heterocycles. The zero-order valence-electron chi connectivity index (χ0n) is 13.4. The Bertz CT molecular complexity index is 918. The van der Waals surface area contributed by atoms with Crippen LogP contribution in [0.3, 0.4) is 0 Å². The molecule has 0 N–H and O–H groups in total. The molecule has 3 rings (SSSR count). The zero-order chi connectivity index (χ0) is 16.7. The van der Waals surface area contributed by atoms with Crippen molar-refractivity contribution in [3.63, 3.8) is 0 Å². The van der Waals surface area contributed by atoms with Crippen molar-refractivity contribution in [2.24, 2.45) is 0 Å². The van der Waals surface area contributed by atoms with Crippen LogP contribution in [0, 0.1) is 18.8 Å². The Morgan fingerprint density at radius 3 is 2.52 bits per heavy atom. The van der Waals surface area contributed by atoms with E-state index in [1.165, 1.54) is 0 Å². The summed E-state index contributed by atoms with van der Waals surface area (Å²) in [5.74, 6) is 6.61. The molecule has 4 nitrogen and oxygen atoms in total. The third kappa shape index (κ3) is 3.13. The van der Waals surface area contributed by atoms with E-state index in [0.717, 1.165) is 16.7 Å². The molecular weight excluding hydrogens is 308 g/mol. The number of benzene rings is 1. The molecule has 0 atom stereocenters. The Balaban J connectivity index is 2.03. The Morgan fingerprint density at radius 1 is 1.13 bits per heavy atom. The van der Waals surface area contributed by atoms with E-state index in [1.807, 2.05) is 13.0 Å². The molecule has 1 aromatic carbocycles. The summed E-state index contributed by atoms with van der Waals surface area (Å²) in [6, 6.07) is 5.30. The van der Waals surface area contributed by atoms with E-state index in [-0.39, 0.29) is 11.2 Å². The van der Waals surface area contributed by atoms with Crippen molar-refractivity contribution in [1.82, 2.24) is 9.97 Å². The summed E-state index contributed by atoms with van der Waals surface area (Å²) < 4.78 is 24.5. The van der Waals surface area contributed by atoms with Gasteiger partial charge in [-0.3, -0.25) is 0 Å². The smallest absolute Gasteiger partial charge is 0.205 e. The highest BCUT2D eigenvalue weighted by Crippen LogP contribution is 2.38. The van der Waals surface area contributed by atoms with Gasteiger partial charge in [0.2, 0.25) is 5.82 Å². The molecule has 23 heavy (non-hydrogen) atoms. The molecule has 0 aliphatic carbocycles. The molecule has 0 fully saturated rings. The van der Waals surface area contributed by atoms with E-state index >= 15 is 0 Å². The number of rotatable bonds is 0. The number of hydrogen-bond donors (Lipinski definition) is 0. The highest BCUT2D eigenvalue weighted by molar-refractivity contribution is 7.91. The monoisotopic (exact) mass is 326 g/mol. The summed E-state index contributed by atoms with van der Waals surface area (Å²) in [6.45, 7) is 6.06. The molecule has 118 valence electrons. The first-order chi connectivity index (χ1) is 10.8. The lowest BCUT2D eigenvalue weighted by Gasteiger charge is -2.32. The standard InChI is InChI=1S/C18H18N2O2S/c1-13-11-19-17(20-12-13)7-5-14-4-6-16-15(10-14)18(2,3)8-9-23(16,21)22/h4,6,10-12H,8-9H2,1-3H3. The maximum Gasteiger partial charge on any atom is 0.205 e. The third-order valence-electron chi connectivity index (χ3n) is 4.14.